The third kappa shape index (κ3) is 3.08. The number of carbonyl (C=O) groups excluding carboxylic acids is 1. The Labute approximate surface area is 144 Å². The van der Waals surface area contributed by atoms with Crippen LogP contribution in [0.4, 0.5) is 5.69 Å². The average molecular weight is 335 g/mol. The van der Waals surface area contributed by atoms with Crippen molar-refractivity contribution in [1.82, 2.24) is 19.7 Å². The summed E-state index contributed by atoms with van der Waals surface area (Å²) in [6, 6.07) is 11.4. The number of rotatable bonds is 5. The summed E-state index contributed by atoms with van der Waals surface area (Å²) in [5, 5.41) is 6.95. The second kappa shape index (κ2) is 6.35. The fourth-order valence-corrected chi connectivity index (χ4v) is 2.96. The number of hydrogen-bond donors (Lipinski definition) is 1. The Morgan fingerprint density at radius 3 is 2.88 bits per heavy atom. The van der Waals surface area contributed by atoms with E-state index in [0.29, 0.717) is 11.5 Å². The molecule has 0 spiro atoms. The Kier molecular flexibility index (Phi) is 3.89. The summed E-state index contributed by atoms with van der Waals surface area (Å²) in [7, 11) is 1.65. The van der Waals surface area contributed by atoms with Crippen LogP contribution in [-0.2, 0) is 4.79 Å². The van der Waals surface area contributed by atoms with Gasteiger partial charge in [-0.25, -0.2) is 14.6 Å². The topological polar surface area (TPSA) is 81.9 Å². The van der Waals surface area contributed by atoms with E-state index < -0.39 is 0 Å². The first kappa shape index (κ1) is 15.3. The summed E-state index contributed by atoms with van der Waals surface area (Å²) in [6.07, 6.45) is 5.47. The van der Waals surface area contributed by atoms with Gasteiger partial charge in [-0.3, -0.25) is 4.79 Å². The van der Waals surface area contributed by atoms with E-state index in [0.717, 1.165) is 17.7 Å². The number of carbonyl (C=O) groups is 1. The SMILES string of the molecule is COc1ccccc1C1CC1C(=O)Nc1ccc(-n2cncn2)nc1. The molecule has 1 aromatic carbocycles. The number of benzene rings is 1. The maximum atomic E-state index is 12.5. The number of ether oxygens (including phenoxy) is 1. The number of pyridine rings is 1. The summed E-state index contributed by atoms with van der Waals surface area (Å²) < 4.78 is 6.95. The van der Waals surface area contributed by atoms with Crippen LogP contribution in [0.15, 0.2) is 55.2 Å². The normalized spacial score (nSPS) is 18.6. The summed E-state index contributed by atoms with van der Waals surface area (Å²) in [5.74, 6) is 1.66. The van der Waals surface area contributed by atoms with Crippen molar-refractivity contribution in [2.45, 2.75) is 12.3 Å². The van der Waals surface area contributed by atoms with Gasteiger partial charge in [0.25, 0.3) is 0 Å². The molecule has 7 nitrogen and oxygen atoms in total. The highest BCUT2D eigenvalue weighted by Crippen LogP contribution is 2.50. The van der Waals surface area contributed by atoms with Crippen LogP contribution in [-0.4, -0.2) is 32.8 Å². The van der Waals surface area contributed by atoms with Crippen LogP contribution in [0.1, 0.15) is 17.9 Å². The zero-order valence-electron chi connectivity index (χ0n) is 13.7. The maximum absolute atomic E-state index is 12.5. The molecule has 2 unspecified atom stereocenters. The van der Waals surface area contributed by atoms with E-state index in [-0.39, 0.29) is 17.7 Å². The van der Waals surface area contributed by atoms with Gasteiger partial charge in [-0.05, 0) is 36.1 Å². The Balaban J connectivity index is 1.41. The number of amides is 1. The molecule has 25 heavy (non-hydrogen) atoms. The Hall–Kier alpha value is -3.22. The molecular weight excluding hydrogens is 318 g/mol. The highest BCUT2D eigenvalue weighted by Gasteiger charge is 2.45. The minimum Gasteiger partial charge on any atom is -0.496 e. The zero-order chi connectivity index (χ0) is 17.2. The Morgan fingerprint density at radius 1 is 1.28 bits per heavy atom. The third-order valence-electron chi connectivity index (χ3n) is 4.33. The lowest BCUT2D eigenvalue weighted by atomic mass is 10.1. The second-order valence-corrected chi connectivity index (χ2v) is 5.93. The van der Waals surface area contributed by atoms with Crippen molar-refractivity contribution in [3.05, 3.63) is 60.8 Å². The molecule has 4 rings (SSSR count). The molecule has 1 amide bonds. The fraction of sp³-hybridized carbons (Fsp3) is 0.222. The highest BCUT2D eigenvalue weighted by atomic mass is 16.5. The number of anilines is 1. The van der Waals surface area contributed by atoms with Gasteiger partial charge in [-0.2, -0.15) is 5.10 Å². The first-order chi connectivity index (χ1) is 12.3. The molecule has 1 N–H and O–H groups in total. The van der Waals surface area contributed by atoms with Gasteiger partial charge < -0.3 is 10.1 Å². The predicted molar refractivity (Wildman–Crippen MR) is 91.6 cm³/mol. The van der Waals surface area contributed by atoms with Crippen molar-refractivity contribution in [2.75, 3.05) is 12.4 Å². The van der Waals surface area contributed by atoms with Crippen LogP contribution in [0.25, 0.3) is 5.82 Å². The summed E-state index contributed by atoms with van der Waals surface area (Å²) in [4.78, 5) is 20.6. The molecule has 2 aromatic heterocycles. The van der Waals surface area contributed by atoms with Crippen molar-refractivity contribution >= 4 is 11.6 Å². The molecule has 2 heterocycles. The third-order valence-corrected chi connectivity index (χ3v) is 4.33. The van der Waals surface area contributed by atoms with Crippen molar-refractivity contribution in [3.63, 3.8) is 0 Å². The molecule has 0 saturated heterocycles. The Bertz CT molecular complexity index is 877. The predicted octanol–water partition coefficient (Wildman–Crippen LogP) is 2.41. The number of para-hydroxylation sites is 1. The van der Waals surface area contributed by atoms with E-state index in [9.17, 15) is 4.79 Å². The van der Waals surface area contributed by atoms with Gasteiger partial charge in [0.2, 0.25) is 5.91 Å². The number of hydrogen-bond acceptors (Lipinski definition) is 5. The number of nitrogens with one attached hydrogen (secondary N) is 1. The van der Waals surface area contributed by atoms with Crippen molar-refractivity contribution in [2.24, 2.45) is 5.92 Å². The fourth-order valence-electron chi connectivity index (χ4n) is 2.96. The first-order valence-electron chi connectivity index (χ1n) is 8.01. The van der Waals surface area contributed by atoms with Crippen LogP contribution < -0.4 is 10.1 Å². The molecule has 0 radical (unpaired) electrons. The summed E-state index contributed by atoms with van der Waals surface area (Å²) in [5.41, 5.74) is 1.75. The standard InChI is InChI=1S/C18H17N5O2/c1-25-16-5-3-2-4-13(16)14-8-15(14)18(24)22-12-6-7-17(20-9-12)23-11-19-10-21-23/h2-7,9-11,14-15H,8H2,1H3,(H,22,24). The minimum atomic E-state index is -0.0358. The van der Waals surface area contributed by atoms with Crippen LogP contribution in [0, 0.1) is 5.92 Å². The monoisotopic (exact) mass is 335 g/mol. The molecule has 3 aromatic rings. The van der Waals surface area contributed by atoms with E-state index >= 15 is 0 Å². The lowest BCUT2D eigenvalue weighted by Gasteiger charge is -2.08. The smallest absolute Gasteiger partial charge is 0.228 e. The van der Waals surface area contributed by atoms with Crippen molar-refractivity contribution in [1.29, 1.82) is 0 Å². The molecular formula is C18H17N5O2. The molecule has 1 aliphatic carbocycles. The van der Waals surface area contributed by atoms with Gasteiger partial charge in [-0.15, -0.1) is 0 Å². The molecule has 1 aliphatic rings. The maximum Gasteiger partial charge on any atom is 0.228 e. The molecule has 7 heteroatoms. The summed E-state index contributed by atoms with van der Waals surface area (Å²) >= 11 is 0. The second-order valence-electron chi connectivity index (χ2n) is 5.93. The first-order valence-corrected chi connectivity index (χ1v) is 8.01. The van der Waals surface area contributed by atoms with Crippen LogP contribution in [0.2, 0.25) is 0 Å². The minimum absolute atomic E-state index is 0.00575. The molecule has 2 atom stereocenters. The van der Waals surface area contributed by atoms with Crippen molar-refractivity contribution < 1.29 is 9.53 Å². The quantitative estimate of drug-likeness (QED) is 0.774. The van der Waals surface area contributed by atoms with Gasteiger partial charge >= 0.3 is 0 Å². The van der Waals surface area contributed by atoms with Crippen molar-refractivity contribution in [3.8, 4) is 11.6 Å². The number of nitrogens with zero attached hydrogens (tertiary/aromatic N) is 4. The molecule has 1 fully saturated rings. The van der Waals surface area contributed by atoms with Gasteiger partial charge in [0, 0.05) is 5.92 Å². The van der Waals surface area contributed by atoms with E-state index in [1.807, 2.05) is 30.3 Å². The largest absolute Gasteiger partial charge is 0.496 e. The van der Waals surface area contributed by atoms with E-state index in [2.05, 4.69) is 20.4 Å². The number of methoxy groups -OCH3 is 1. The molecule has 0 aliphatic heterocycles. The van der Waals surface area contributed by atoms with Gasteiger partial charge in [0.05, 0.1) is 19.0 Å². The van der Waals surface area contributed by atoms with Crippen LogP contribution in [0.3, 0.4) is 0 Å². The van der Waals surface area contributed by atoms with Crippen LogP contribution >= 0.6 is 0 Å². The lowest BCUT2D eigenvalue weighted by Crippen LogP contribution is -2.15. The summed E-state index contributed by atoms with van der Waals surface area (Å²) in [6.45, 7) is 0. The highest BCUT2D eigenvalue weighted by molar-refractivity contribution is 5.95. The van der Waals surface area contributed by atoms with Gasteiger partial charge in [-0.1, -0.05) is 18.2 Å². The molecule has 1 saturated carbocycles. The zero-order valence-corrected chi connectivity index (χ0v) is 13.7. The van der Waals surface area contributed by atoms with Gasteiger partial charge in [0.1, 0.15) is 18.4 Å². The molecule has 0 bridgehead atoms. The van der Waals surface area contributed by atoms with E-state index in [4.69, 9.17) is 4.74 Å². The average Bonchev–Trinajstić information content (AvgIpc) is 3.27. The van der Waals surface area contributed by atoms with Crippen LogP contribution in [0.5, 0.6) is 5.75 Å². The van der Waals surface area contributed by atoms with E-state index in [1.165, 1.54) is 6.33 Å². The van der Waals surface area contributed by atoms with Gasteiger partial charge in [0.15, 0.2) is 5.82 Å². The number of aromatic nitrogens is 4. The Morgan fingerprint density at radius 2 is 2.16 bits per heavy atom. The lowest BCUT2D eigenvalue weighted by molar-refractivity contribution is -0.117. The van der Waals surface area contributed by atoms with E-state index in [1.54, 1.807) is 30.4 Å². The molecule has 126 valence electrons.